The van der Waals surface area contributed by atoms with Crippen molar-refractivity contribution in [3.8, 4) is 0 Å². The largest absolute Gasteiger partial charge is 0.462 e. The van der Waals surface area contributed by atoms with Crippen LogP contribution in [0.5, 0.6) is 0 Å². The fourth-order valence-electron chi connectivity index (χ4n) is 2.02. The van der Waals surface area contributed by atoms with E-state index in [2.05, 4.69) is 12.1 Å². The fraction of sp³-hybridized carbons (Fsp3) is 0.235. The lowest BCUT2D eigenvalue weighted by Gasteiger charge is -2.07. The molecule has 0 saturated carbocycles. The zero-order valence-electron chi connectivity index (χ0n) is 11.7. The number of nitrogens with two attached hydrogens (primary N) is 1. The highest BCUT2D eigenvalue weighted by molar-refractivity contribution is 5.95. The maximum absolute atomic E-state index is 13.1. The Morgan fingerprint density at radius 2 is 1.86 bits per heavy atom. The first-order valence-corrected chi connectivity index (χ1v) is 6.93. The number of anilines is 1. The third-order valence-corrected chi connectivity index (χ3v) is 3.17. The van der Waals surface area contributed by atoms with E-state index in [1.807, 2.05) is 18.2 Å². The molecule has 0 fully saturated rings. The minimum atomic E-state index is -0.577. The number of hydrogen-bond acceptors (Lipinski definition) is 3. The molecule has 0 amide bonds. The smallest absolute Gasteiger partial charge is 0.340 e. The molecule has 0 atom stereocenters. The van der Waals surface area contributed by atoms with E-state index < -0.39 is 11.8 Å². The summed E-state index contributed by atoms with van der Waals surface area (Å²) in [6.07, 6.45) is 2.63. The van der Waals surface area contributed by atoms with Gasteiger partial charge in [0.25, 0.3) is 0 Å². The summed E-state index contributed by atoms with van der Waals surface area (Å²) >= 11 is 0. The molecule has 0 heterocycles. The summed E-state index contributed by atoms with van der Waals surface area (Å²) in [4.78, 5) is 11.8. The van der Waals surface area contributed by atoms with Crippen LogP contribution in [0.4, 0.5) is 10.1 Å². The molecule has 0 spiro atoms. The van der Waals surface area contributed by atoms with Crippen molar-refractivity contribution in [1.29, 1.82) is 0 Å². The Balaban J connectivity index is 1.73. The van der Waals surface area contributed by atoms with Crippen LogP contribution in [0.3, 0.4) is 0 Å². The molecule has 0 aromatic heterocycles. The van der Waals surface area contributed by atoms with Gasteiger partial charge in [0.15, 0.2) is 0 Å². The Hall–Kier alpha value is -2.36. The van der Waals surface area contributed by atoms with Crippen LogP contribution in [0.2, 0.25) is 0 Å². The van der Waals surface area contributed by atoms with E-state index in [1.165, 1.54) is 17.7 Å². The predicted molar refractivity (Wildman–Crippen MR) is 80.5 cm³/mol. The number of ether oxygens (including phenoxy) is 1. The molecule has 110 valence electrons. The number of unbranched alkanes of at least 4 members (excludes halogenated alkanes) is 1. The summed E-state index contributed by atoms with van der Waals surface area (Å²) in [5.41, 5.74) is 7.20. The van der Waals surface area contributed by atoms with Crippen LogP contribution in [0.25, 0.3) is 0 Å². The number of hydrogen-bond donors (Lipinski definition) is 1. The lowest BCUT2D eigenvalue weighted by atomic mass is 10.1. The summed E-state index contributed by atoms with van der Waals surface area (Å²) in [5.74, 6) is -1.08. The molecular formula is C17H18FNO2. The third kappa shape index (κ3) is 4.60. The van der Waals surface area contributed by atoms with Crippen molar-refractivity contribution in [2.75, 3.05) is 12.3 Å². The van der Waals surface area contributed by atoms with Crippen LogP contribution in [0, 0.1) is 5.82 Å². The predicted octanol–water partition coefficient (Wildman–Crippen LogP) is 3.59. The molecule has 0 aliphatic carbocycles. The quantitative estimate of drug-likeness (QED) is 0.502. The van der Waals surface area contributed by atoms with Gasteiger partial charge in [-0.1, -0.05) is 30.3 Å². The van der Waals surface area contributed by atoms with Gasteiger partial charge in [0.2, 0.25) is 0 Å². The third-order valence-electron chi connectivity index (χ3n) is 3.17. The Bertz CT molecular complexity index is 599. The number of carbonyl (C=O) groups is 1. The monoisotopic (exact) mass is 287 g/mol. The second kappa shape index (κ2) is 7.43. The summed E-state index contributed by atoms with van der Waals surface area (Å²) in [7, 11) is 0. The summed E-state index contributed by atoms with van der Waals surface area (Å²) < 4.78 is 18.2. The first-order valence-electron chi connectivity index (χ1n) is 6.93. The van der Waals surface area contributed by atoms with Gasteiger partial charge in [0, 0.05) is 5.69 Å². The number of esters is 1. The van der Waals surface area contributed by atoms with E-state index in [9.17, 15) is 9.18 Å². The van der Waals surface area contributed by atoms with Crippen LogP contribution >= 0.6 is 0 Å². The molecule has 2 aromatic carbocycles. The average Bonchev–Trinajstić information content (AvgIpc) is 2.50. The minimum Gasteiger partial charge on any atom is -0.462 e. The Morgan fingerprint density at radius 1 is 1.10 bits per heavy atom. The van der Waals surface area contributed by atoms with Crippen molar-refractivity contribution in [2.24, 2.45) is 0 Å². The van der Waals surface area contributed by atoms with E-state index in [-0.39, 0.29) is 11.3 Å². The molecule has 0 aliphatic heterocycles. The maximum atomic E-state index is 13.1. The number of aryl methyl sites for hydroxylation is 1. The second-order valence-electron chi connectivity index (χ2n) is 4.81. The Morgan fingerprint density at radius 3 is 2.62 bits per heavy atom. The van der Waals surface area contributed by atoms with Gasteiger partial charge in [-0.25, -0.2) is 9.18 Å². The van der Waals surface area contributed by atoms with Gasteiger partial charge in [-0.05, 0) is 43.0 Å². The number of rotatable bonds is 6. The minimum absolute atomic E-state index is 0.0815. The number of halogens is 1. The first kappa shape index (κ1) is 15.0. The van der Waals surface area contributed by atoms with Gasteiger partial charge in [-0.15, -0.1) is 0 Å². The molecular weight excluding hydrogens is 269 g/mol. The number of benzene rings is 2. The molecule has 4 heteroatoms. The van der Waals surface area contributed by atoms with Gasteiger partial charge >= 0.3 is 5.97 Å². The van der Waals surface area contributed by atoms with Crippen molar-refractivity contribution in [1.82, 2.24) is 0 Å². The standard InChI is InChI=1S/C17H18FNO2/c18-14-9-10-16(19)15(12-14)17(20)21-11-5-4-8-13-6-2-1-3-7-13/h1-3,6-7,9-10,12H,4-5,8,11,19H2. The highest BCUT2D eigenvalue weighted by atomic mass is 19.1. The van der Waals surface area contributed by atoms with Crippen molar-refractivity contribution < 1.29 is 13.9 Å². The molecule has 3 nitrogen and oxygen atoms in total. The van der Waals surface area contributed by atoms with Gasteiger partial charge in [-0.3, -0.25) is 0 Å². The Kier molecular flexibility index (Phi) is 5.32. The topological polar surface area (TPSA) is 52.3 Å². The Labute approximate surface area is 123 Å². The molecule has 0 aliphatic rings. The van der Waals surface area contributed by atoms with Crippen molar-refractivity contribution in [3.63, 3.8) is 0 Å². The highest BCUT2D eigenvalue weighted by Gasteiger charge is 2.12. The van der Waals surface area contributed by atoms with Crippen molar-refractivity contribution >= 4 is 11.7 Å². The van der Waals surface area contributed by atoms with Crippen LogP contribution in [0.1, 0.15) is 28.8 Å². The van der Waals surface area contributed by atoms with Gasteiger partial charge in [0.05, 0.1) is 12.2 Å². The SMILES string of the molecule is Nc1ccc(F)cc1C(=O)OCCCCc1ccccc1. The zero-order valence-corrected chi connectivity index (χ0v) is 11.7. The molecule has 0 unspecified atom stereocenters. The second-order valence-corrected chi connectivity index (χ2v) is 4.81. The fourth-order valence-corrected chi connectivity index (χ4v) is 2.02. The number of carbonyl (C=O) groups excluding carboxylic acids is 1. The molecule has 21 heavy (non-hydrogen) atoms. The summed E-state index contributed by atoms with van der Waals surface area (Å²) in [6, 6.07) is 13.8. The summed E-state index contributed by atoms with van der Waals surface area (Å²) in [6.45, 7) is 0.307. The lowest BCUT2D eigenvalue weighted by molar-refractivity contribution is 0.0499. The van der Waals surface area contributed by atoms with Crippen molar-refractivity contribution in [3.05, 3.63) is 65.5 Å². The molecule has 0 saturated heterocycles. The molecule has 2 rings (SSSR count). The summed E-state index contributed by atoms with van der Waals surface area (Å²) in [5, 5.41) is 0. The van der Waals surface area contributed by atoms with Gasteiger partial charge in [-0.2, -0.15) is 0 Å². The van der Waals surface area contributed by atoms with E-state index >= 15 is 0 Å². The van der Waals surface area contributed by atoms with Crippen LogP contribution in [0.15, 0.2) is 48.5 Å². The van der Waals surface area contributed by atoms with Gasteiger partial charge in [0.1, 0.15) is 5.82 Å². The maximum Gasteiger partial charge on any atom is 0.340 e. The van der Waals surface area contributed by atoms with E-state index in [1.54, 1.807) is 0 Å². The van der Waals surface area contributed by atoms with Crippen molar-refractivity contribution in [2.45, 2.75) is 19.3 Å². The number of nitrogen functional groups attached to an aromatic ring is 1. The van der Waals surface area contributed by atoms with Crippen LogP contribution in [-0.4, -0.2) is 12.6 Å². The van der Waals surface area contributed by atoms with Gasteiger partial charge < -0.3 is 10.5 Å². The average molecular weight is 287 g/mol. The zero-order chi connectivity index (χ0) is 15.1. The highest BCUT2D eigenvalue weighted by Crippen LogP contribution is 2.15. The van der Waals surface area contributed by atoms with E-state index in [0.29, 0.717) is 6.61 Å². The van der Waals surface area contributed by atoms with E-state index in [4.69, 9.17) is 10.5 Å². The molecule has 2 aromatic rings. The van der Waals surface area contributed by atoms with Crippen LogP contribution < -0.4 is 5.73 Å². The van der Waals surface area contributed by atoms with Crippen LogP contribution in [-0.2, 0) is 11.2 Å². The first-order chi connectivity index (χ1) is 10.2. The lowest BCUT2D eigenvalue weighted by Crippen LogP contribution is -2.09. The normalized spacial score (nSPS) is 10.3. The molecule has 0 bridgehead atoms. The van der Waals surface area contributed by atoms with E-state index in [0.717, 1.165) is 25.3 Å². The molecule has 0 radical (unpaired) electrons. The molecule has 2 N–H and O–H groups in total.